The molecule has 0 spiro atoms. The molecule has 2 N–H and O–H groups in total. The Morgan fingerprint density at radius 3 is 2.74 bits per heavy atom. The molecule has 1 aliphatic rings. The van der Waals surface area contributed by atoms with Gasteiger partial charge in [-0.05, 0) is 57.0 Å². The molecule has 128 valence electrons. The van der Waals surface area contributed by atoms with Gasteiger partial charge in [0.25, 0.3) is 5.91 Å². The van der Waals surface area contributed by atoms with Crippen LogP contribution in [0.25, 0.3) is 0 Å². The molecule has 1 fully saturated rings. The number of piperidine rings is 1. The molecule has 1 atom stereocenters. The molecule has 0 aliphatic carbocycles. The van der Waals surface area contributed by atoms with E-state index in [0.29, 0.717) is 19.4 Å². The van der Waals surface area contributed by atoms with Crippen molar-refractivity contribution in [2.24, 2.45) is 0 Å². The van der Waals surface area contributed by atoms with E-state index in [1.165, 1.54) is 0 Å². The zero-order chi connectivity index (χ0) is 16.7. The summed E-state index contributed by atoms with van der Waals surface area (Å²) in [5, 5.41) is 6.27. The van der Waals surface area contributed by atoms with Crippen molar-refractivity contribution < 1.29 is 14.3 Å². The van der Waals surface area contributed by atoms with Crippen LogP contribution in [0.15, 0.2) is 24.3 Å². The largest absolute Gasteiger partial charge is 0.489 e. The fraction of sp³-hybridized carbons (Fsp3) is 0.611. The summed E-state index contributed by atoms with van der Waals surface area (Å²) < 4.78 is 11.5. The van der Waals surface area contributed by atoms with Crippen molar-refractivity contribution in [3.05, 3.63) is 29.8 Å². The van der Waals surface area contributed by atoms with Crippen LogP contribution >= 0.6 is 0 Å². The van der Waals surface area contributed by atoms with E-state index in [2.05, 4.69) is 17.6 Å². The second-order valence-corrected chi connectivity index (χ2v) is 6.12. The van der Waals surface area contributed by atoms with E-state index in [4.69, 9.17) is 9.47 Å². The van der Waals surface area contributed by atoms with Gasteiger partial charge >= 0.3 is 0 Å². The van der Waals surface area contributed by atoms with Gasteiger partial charge in [-0.15, -0.1) is 0 Å². The van der Waals surface area contributed by atoms with Crippen LogP contribution in [0, 0.1) is 6.92 Å². The first-order valence-electron chi connectivity index (χ1n) is 8.37. The first-order chi connectivity index (χ1) is 11.1. The molecule has 1 amide bonds. The highest BCUT2D eigenvalue weighted by atomic mass is 16.5. The Morgan fingerprint density at radius 1 is 1.39 bits per heavy atom. The summed E-state index contributed by atoms with van der Waals surface area (Å²) in [4.78, 5) is 12.6. The minimum absolute atomic E-state index is 0.0345. The minimum atomic E-state index is -0.702. The van der Waals surface area contributed by atoms with Crippen molar-refractivity contribution in [2.75, 3.05) is 26.7 Å². The highest BCUT2D eigenvalue weighted by Crippen LogP contribution is 2.22. The Morgan fingerprint density at radius 2 is 2.13 bits per heavy atom. The van der Waals surface area contributed by atoms with Crippen LogP contribution in [-0.4, -0.2) is 44.4 Å². The number of benzene rings is 1. The summed E-state index contributed by atoms with van der Waals surface area (Å²) in [5.74, 6) is 0.808. The number of hydrogen-bond acceptors (Lipinski definition) is 4. The van der Waals surface area contributed by atoms with Crippen molar-refractivity contribution in [3.8, 4) is 5.75 Å². The van der Waals surface area contributed by atoms with Crippen LogP contribution in [0.2, 0.25) is 0 Å². The van der Waals surface area contributed by atoms with Crippen molar-refractivity contribution in [1.29, 1.82) is 0 Å². The van der Waals surface area contributed by atoms with Gasteiger partial charge in [0.2, 0.25) is 0 Å². The number of amides is 1. The van der Waals surface area contributed by atoms with Crippen molar-refractivity contribution >= 4 is 5.91 Å². The number of methoxy groups -OCH3 is 1. The van der Waals surface area contributed by atoms with Crippen molar-refractivity contribution in [3.63, 3.8) is 0 Å². The molecule has 5 nitrogen and oxygen atoms in total. The minimum Gasteiger partial charge on any atom is -0.489 e. The van der Waals surface area contributed by atoms with Gasteiger partial charge in [-0.2, -0.15) is 0 Å². The number of rotatable bonds is 7. The van der Waals surface area contributed by atoms with Gasteiger partial charge in [-0.25, -0.2) is 0 Å². The normalized spacial score (nSPS) is 18.2. The van der Waals surface area contributed by atoms with E-state index >= 15 is 0 Å². The van der Waals surface area contributed by atoms with Crippen molar-refractivity contribution in [1.82, 2.24) is 10.6 Å². The van der Waals surface area contributed by atoms with Gasteiger partial charge in [0.05, 0.1) is 6.54 Å². The van der Waals surface area contributed by atoms with Crippen LogP contribution in [-0.2, 0) is 9.53 Å². The van der Waals surface area contributed by atoms with Crippen molar-refractivity contribution in [2.45, 2.75) is 44.8 Å². The fourth-order valence-corrected chi connectivity index (χ4v) is 2.87. The number of ether oxygens (including phenoxy) is 2. The molecule has 0 aromatic heterocycles. The Labute approximate surface area is 138 Å². The summed E-state index contributed by atoms with van der Waals surface area (Å²) in [6.07, 6.45) is 2.18. The maximum atomic E-state index is 12.6. The molecule has 0 radical (unpaired) electrons. The lowest BCUT2D eigenvalue weighted by Gasteiger charge is -2.35. The lowest BCUT2D eigenvalue weighted by Crippen LogP contribution is -2.55. The molecular weight excluding hydrogens is 292 g/mol. The maximum absolute atomic E-state index is 12.6. The Bertz CT molecular complexity index is 513. The topological polar surface area (TPSA) is 59.6 Å². The third kappa shape index (κ3) is 4.69. The predicted molar refractivity (Wildman–Crippen MR) is 90.7 cm³/mol. The van der Waals surface area contributed by atoms with Crippen LogP contribution in [0.1, 0.15) is 31.7 Å². The molecule has 1 aromatic carbocycles. The molecular formula is C18H28N2O3. The first-order valence-corrected chi connectivity index (χ1v) is 8.37. The molecule has 1 aromatic rings. The number of carbonyl (C=O) groups is 1. The quantitative estimate of drug-likeness (QED) is 0.807. The second kappa shape index (κ2) is 8.31. The lowest BCUT2D eigenvalue weighted by atomic mass is 9.91. The second-order valence-electron chi connectivity index (χ2n) is 6.12. The molecule has 1 aliphatic heterocycles. The average molecular weight is 320 g/mol. The van der Waals surface area contributed by atoms with Crippen LogP contribution in [0.5, 0.6) is 5.75 Å². The van der Waals surface area contributed by atoms with Gasteiger partial charge in [0, 0.05) is 7.11 Å². The number of nitrogens with one attached hydrogen (secondary N) is 2. The number of aryl methyl sites for hydroxylation is 1. The molecule has 1 heterocycles. The Kier molecular flexibility index (Phi) is 6.42. The van der Waals surface area contributed by atoms with E-state index in [0.717, 1.165) is 30.8 Å². The van der Waals surface area contributed by atoms with Gasteiger partial charge in [-0.3, -0.25) is 4.79 Å². The highest BCUT2D eigenvalue weighted by molar-refractivity contribution is 5.85. The summed E-state index contributed by atoms with van der Waals surface area (Å²) in [6, 6.07) is 7.97. The first kappa shape index (κ1) is 17.8. The van der Waals surface area contributed by atoms with E-state index in [1.807, 2.05) is 31.2 Å². The molecule has 23 heavy (non-hydrogen) atoms. The van der Waals surface area contributed by atoms with Crippen LogP contribution in [0.3, 0.4) is 0 Å². The third-order valence-electron chi connectivity index (χ3n) is 4.45. The standard InChI is InChI=1S/C18H28N2O3/c1-4-15(23-16-7-5-6-14(2)12-16)13-20-17(21)18(22-3)8-10-19-11-9-18/h5-7,12,15,19H,4,8-11,13H2,1-3H3,(H,20,21). The van der Waals surface area contributed by atoms with Gasteiger partial charge in [0.1, 0.15) is 17.5 Å². The lowest BCUT2D eigenvalue weighted by molar-refractivity contribution is -0.147. The summed E-state index contributed by atoms with van der Waals surface area (Å²) in [7, 11) is 1.62. The Hall–Kier alpha value is -1.59. The van der Waals surface area contributed by atoms with E-state index in [1.54, 1.807) is 7.11 Å². The van der Waals surface area contributed by atoms with Gasteiger partial charge < -0.3 is 20.1 Å². The predicted octanol–water partition coefficient (Wildman–Crippen LogP) is 2.04. The van der Waals surface area contributed by atoms with E-state index in [-0.39, 0.29) is 12.0 Å². The van der Waals surface area contributed by atoms with E-state index in [9.17, 15) is 4.79 Å². The zero-order valence-corrected chi connectivity index (χ0v) is 14.4. The summed E-state index contributed by atoms with van der Waals surface area (Å²) >= 11 is 0. The Balaban J connectivity index is 1.90. The number of hydrogen-bond donors (Lipinski definition) is 2. The third-order valence-corrected chi connectivity index (χ3v) is 4.45. The van der Waals surface area contributed by atoms with Gasteiger partial charge in [0.15, 0.2) is 0 Å². The number of carbonyl (C=O) groups excluding carboxylic acids is 1. The average Bonchev–Trinajstić information content (AvgIpc) is 2.58. The fourth-order valence-electron chi connectivity index (χ4n) is 2.87. The zero-order valence-electron chi connectivity index (χ0n) is 14.4. The highest BCUT2D eigenvalue weighted by Gasteiger charge is 2.39. The molecule has 0 bridgehead atoms. The molecule has 5 heteroatoms. The summed E-state index contributed by atoms with van der Waals surface area (Å²) in [5.41, 5.74) is 0.460. The SMILES string of the molecule is CCC(CNC(=O)C1(OC)CCNCC1)Oc1cccc(C)c1. The molecule has 1 unspecified atom stereocenters. The van der Waals surface area contributed by atoms with E-state index < -0.39 is 5.60 Å². The summed E-state index contributed by atoms with van der Waals surface area (Å²) in [6.45, 7) is 6.19. The smallest absolute Gasteiger partial charge is 0.252 e. The molecule has 2 rings (SSSR count). The molecule has 1 saturated heterocycles. The maximum Gasteiger partial charge on any atom is 0.252 e. The monoisotopic (exact) mass is 320 g/mol. The van der Waals surface area contributed by atoms with Crippen LogP contribution < -0.4 is 15.4 Å². The van der Waals surface area contributed by atoms with Crippen LogP contribution in [0.4, 0.5) is 0 Å². The molecule has 0 saturated carbocycles. The van der Waals surface area contributed by atoms with Gasteiger partial charge in [-0.1, -0.05) is 19.1 Å².